The number of aromatic nitrogens is 2. The zero-order valence-electron chi connectivity index (χ0n) is 9.98. The van der Waals surface area contributed by atoms with Crippen LogP contribution in [0.3, 0.4) is 0 Å². The average molecular weight is 259 g/mol. The Balaban J connectivity index is 3.01. The molecule has 0 saturated carbocycles. The molecule has 1 atom stereocenters. The summed E-state index contributed by atoms with van der Waals surface area (Å²) in [5, 5.41) is 13.6. The number of hydrogen-bond donors (Lipinski definition) is 4. The standard InChI is InChI=1S/C9H17N5O2S/c1-5(2)8(9(10)11)14-17(15,16)7-4-12-13-6(7)3/h4-5,8,14H,1-3H3,(H3,10,11)(H,12,13). The molecule has 0 aliphatic heterocycles. The fourth-order valence-electron chi connectivity index (χ4n) is 1.40. The summed E-state index contributed by atoms with van der Waals surface area (Å²) in [4.78, 5) is 0.0735. The maximum atomic E-state index is 12.0. The molecule has 17 heavy (non-hydrogen) atoms. The van der Waals surface area contributed by atoms with Crippen molar-refractivity contribution in [3.8, 4) is 0 Å². The number of aromatic amines is 1. The highest BCUT2D eigenvalue weighted by atomic mass is 32.2. The van der Waals surface area contributed by atoms with Crippen LogP contribution in [-0.2, 0) is 10.0 Å². The van der Waals surface area contributed by atoms with Gasteiger partial charge in [0, 0.05) is 0 Å². The normalized spacial score (nSPS) is 13.9. The van der Waals surface area contributed by atoms with Crippen LogP contribution in [0.1, 0.15) is 19.5 Å². The minimum absolute atomic E-state index is 0.0735. The Kier molecular flexibility index (Phi) is 3.89. The summed E-state index contributed by atoms with van der Waals surface area (Å²) in [6, 6.07) is -0.714. The maximum Gasteiger partial charge on any atom is 0.244 e. The van der Waals surface area contributed by atoms with Crippen molar-refractivity contribution in [2.75, 3.05) is 0 Å². The second kappa shape index (κ2) is 4.84. The monoisotopic (exact) mass is 259 g/mol. The summed E-state index contributed by atoms with van der Waals surface area (Å²) in [5.41, 5.74) is 5.82. The minimum Gasteiger partial charge on any atom is -0.386 e. The number of sulfonamides is 1. The number of aryl methyl sites for hydroxylation is 1. The molecule has 0 aliphatic carbocycles. The third-order valence-electron chi connectivity index (χ3n) is 2.36. The molecule has 1 aromatic heterocycles. The van der Waals surface area contributed by atoms with Crippen LogP contribution in [0.4, 0.5) is 0 Å². The van der Waals surface area contributed by atoms with Gasteiger partial charge in [0.05, 0.1) is 17.9 Å². The predicted octanol–water partition coefficient (Wildman–Crippen LogP) is -0.0430. The second-order valence-electron chi connectivity index (χ2n) is 4.16. The van der Waals surface area contributed by atoms with Gasteiger partial charge in [-0.1, -0.05) is 13.8 Å². The van der Waals surface area contributed by atoms with Gasteiger partial charge in [-0.3, -0.25) is 10.5 Å². The third kappa shape index (κ3) is 3.04. The largest absolute Gasteiger partial charge is 0.386 e. The Bertz CT molecular complexity index is 505. The Hall–Kier alpha value is -1.41. The van der Waals surface area contributed by atoms with Gasteiger partial charge in [0.2, 0.25) is 10.0 Å². The second-order valence-corrected chi connectivity index (χ2v) is 5.84. The molecule has 1 rings (SSSR count). The summed E-state index contributed by atoms with van der Waals surface area (Å²) in [5.74, 6) is -0.306. The van der Waals surface area contributed by atoms with Crippen LogP contribution in [0.5, 0.6) is 0 Å². The molecule has 0 fully saturated rings. The number of H-pyrrole nitrogens is 1. The zero-order valence-corrected chi connectivity index (χ0v) is 10.8. The molecule has 5 N–H and O–H groups in total. The van der Waals surface area contributed by atoms with Crippen LogP contribution < -0.4 is 10.5 Å². The topological polar surface area (TPSA) is 125 Å². The van der Waals surface area contributed by atoms with Gasteiger partial charge < -0.3 is 5.73 Å². The Morgan fingerprint density at radius 3 is 2.53 bits per heavy atom. The number of nitrogens with zero attached hydrogens (tertiary/aromatic N) is 1. The van der Waals surface area contributed by atoms with E-state index >= 15 is 0 Å². The van der Waals surface area contributed by atoms with Gasteiger partial charge in [0.1, 0.15) is 10.7 Å². The number of rotatable bonds is 5. The molecule has 0 aliphatic rings. The number of nitrogens with one attached hydrogen (secondary N) is 3. The zero-order chi connectivity index (χ0) is 13.2. The van der Waals surface area contributed by atoms with E-state index < -0.39 is 16.1 Å². The molecule has 0 radical (unpaired) electrons. The van der Waals surface area contributed by atoms with E-state index in [0.717, 1.165) is 0 Å². The van der Waals surface area contributed by atoms with Gasteiger partial charge in [0.25, 0.3) is 0 Å². The molecule has 0 bridgehead atoms. The molecule has 8 heteroatoms. The first kappa shape index (κ1) is 13.7. The SMILES string of the molecule is Cc1[nH]ncc1S(=O)(=O)NC(C(=N)N)C(C)C. The molecular weight excluding hydrogens is 242 g/mol. The van der Waals surface area contributed by atoms with Crippen LogP contribution >= 0.6 is 0 Å². The Morgan fingerprint density at radius 2 is 2.18 bits per heavy atom. The molecule has 1 unspecified atom stereocenters. The van der Waals surface area contributed by atoms with E-state index in [2.05, 4.69) is 14.9 Å². The first-order valence-corrected chi connectivity index (χ1v) is 6.60. The smallest absolute Gasteiger partial charge is 0.244 e. The first-order chi connectivity index (χ1) is 7.75. The lowest BCUT2D eigenvalue weighted by Gasteiger charge is -2.20. The van der Waals surface area contributed by atoms with Gasteiger partial charge in [-0.25, -0.2) is 13.1 Å². The summed E-state index contributed by atoms with van der Waals surface area (Å²) >= 11 is 0. The average Bonchev–Trinajstić information content (AvgIpc) is 2.60. The van der Waals surface area contributed by atoms with E-state index in [9.17, 15) is 8.42 Å². The van der Waals surface area contributed by atoms with Crippen molar-refractivity contribution in [3.63, 3.8) is 0 Å². The lowest BCUT2D eigenvalue weighted by molar-refractivity contribution is 0.522. The Morgan fingerprint density at radius 1 is 1.59 bits per heavy atom. The van der Waals surface area contributed by atoms with Gasteiger partial charge >= 0.3 is 0 Å². The van der Waals surface area contributed by atoms with Gasteiger partial charge in [-0.2, -0.15) is 5.10 Å². The molecule has 96 valence electrons. The maximum absolute atomic E-state index is 12.0. The van der Waals surface area contributed by atoms with Crippen LogP contribution in [-0.4, -0.2) is 30.5 Å². The van der Waals surface area contributed by atoms with Crippen molar-refractivity contribution < 1.29 is 8.42 Å². The van der Waals surface area contributed by atoms with Crippen molar-refractivity contribution in [1.29, 1.82) is 5.41 Å². The van der Waals surface area contributed by atoms with Crippen LogP contribution in [0.25, 0.3) is 0 Å². The van der Waals surface area contributed by atoms with Gasteiger partial charge in [-0.15, -0.1) is 0 Å². The molecule has 0 aromatic carbocycles. The van der Waals surface area contributed by atoms with Crippen molar-refractivity contribution in [2.24, 2.45) is 11.7 Å². The highest BCUT2D eigenvalue weighted by Gasteiger charge is 2.26. The van der Waals surface area contributed by atoms with E-state index in [0.29, 0.717) is 5.69 Å². The summed E-state index contributed by atoms with van der Waals surface area (Å²) < 4.78 is 26.4. The van der Waals surface area contributed by atoms with Crippen molar-refractivity contribution in [3.05, 3.63) is 11.9 Å². The van der Waals surface area contributed by atoms with Crippen LogP contribution in [0, 0.1) is 18.3 Å². The van der Waals surface area contributed by atoms with E-state index in [4.69, 9.17) is 11.1 Å². The third-order valence-corrected chi connectivity index (χ3v) is 3.91. The number of nitrogens with two attached hydrogens (primary N) is 1. The lowest BCUT2D eigenvalue weighted by Crippen LogP contribution is -2.47. The van der Waals surface area contributed by atoms with Crippen LogP contribution in [0.2, 0.25) is 0 Å². The molecule has 1 aromatic rings. The summed E-state index contributed by atoms with van der Waals surface area (Å²) in [6.45, 7) is 5.19. The van der Waals surface area contributed by atoms with E-state index in [1.165, 1.54) is 6.20 Å². The summed E-state index contributed by atoms with van der Waals surface area (Å²) in [6.07, 6.45) is 1.23. The lowest BCUT2D eigenvalue weighted by atomic mass is 10.1. The van der Waals surface area contributed by atoms with Crippen molar-refractivity contribution in [1.82, 2.24) is 14.9 Å². The van der Waals surface area contributed by atoms with Crippen LogP contribution in [0.15, 0.2) is 11.1 Å². The van der Waals surface area contributed by atoms with E-state index in [1.807, 2.05) is 0 Å². The molecule has 7 nitrogen and oxygen atoms in total. The summed E-state index contributed by atoms with van der Waals surface area (Å²) in [7, 11) is -3.70. The quantitative estimate of drug-likeness (QED) is 0.437. The molecular formula is C9H17N5O2S. The minimum atomic E-state index is -3.70. The fraction of sp³-hybridized carbons (Fsp3) is 0.556. The molecule has 1 heterocycles. The fourth-order valence-corrected chi connectivity index (χ4v) is 2.90. The predicted molar refractivity (Wildman–Crippen MR) is 64.2 cm³/mol. The van der Waals surface area contributed by atoms with Crippen molar-refractivity contribution in [2.45, 2.75) is 31.7 Å². The highest BCUT2D eigenvalue weighted by molar-refractivity contribution is 7.89. The Labute approximate surface area is 100 Å². The molecule has 0 saturated heterocycles. The number of hydrogen-bond acceptors (Lipinski definition) is 4. The van der Waals surface area contributed by atoms with Crippen molar-refractivity contribution >= 4 is 15.9 Å². The first-order valence-electron chi connectivity index (χ1n) is 5.12. The van der Waals surface area contributed by atoms with Gasteiger partial charge in [-0.05, 0) is 12.8 Å². The van der Waals surface area contributed by atoms with Gasteiger partial charge in [0.15, 0.2) is 0 Å². The number of amidine groups is 1. The molecule has 0 amide bonds. The van der Waals surface area contributed by atoms with E-state index in [1.54, 1.807) is 20.8 Å². The van der Waals surface area contributed by atoms with E-state index in [-0.39, 0.29) is 16.6 Å². The molecule has 0 spiro atoms. The highest BCUT2D eigenvalue weighted by Crippen LogP contribution is 2.13.